The van der Waals surface area contributed by atoms with Crippen LogP contribution in [0.25, 0.3) is 0 Å². The molecule has 0 spiro atoms. The monoisotopic (exact) mass is 450 g/mol. The van der Waals surface area contributed by atoms with Gasteiger partial charge in [0, 0.05) is 44.5 Å². The Balaban J connectivity index is 2.56. The Morgan fingerprint density at radius 3 is 2.61 bits per heavy atom. The highest BCUT2D eigenvalue weighted by Gasteiger charge is 2.38. The minimum absolute atomic E-state index is 0.0459. The predicted molar refractivity (Wildman–Crippen MR) is 120 cm³/mol. The Morgan fingerprint density at radius 2 is 2.03 bits per heavy atom. The molecule has 0 saturated heterocycles. The Kier molecular flexibility index (Phi) is 8.52. The number of ether oxygens (including phenoxy) is 1. The predicted octanol–water partition coefficient (Wildman–Crippen LogP) is 2.33. The maximum atomic E-state index is 13.4. The molecule has 0 fully saturated rings. The van der Waals surface area contributed by atoms with Crippen molar-refractivity contribution in [2.45, 2.75) is 58.1 Å². The van der Waals surface area contributed by atoms with Crippen molar-refractivity contribution < 1.29 is 23.1 Å². The Labute approximate surface area is 186 Å². The summed E-state index contributed by atoms with van der Waals surface area (Å²) >= 11 is 0. The highest BCUT2D eigenvalue weighted by atomic mass is 32.2. The number of hydrogen-bond donors (Lipinski definition) is 1. The number of rotatable bonds is 5. The van der Waals surface area contributed by atoms with Crippen LogP contribution >= 0.6 is 0 Å². The molecule has 0 bridgehead atoms. The largest absolute Gasteiger partial charge is 0.487 e. The molecule has 7 nitrogen and oxygen atoms in total. The summed E-state index contributed by atoms with van der Waals surface area (Å²) in [5, 5.41) is 9.68. The Morgan fingerprint density at radius 1 is 1.35 bits per heavy atom. The molecule has 1 aliphatic heterocycles. The summed E-state index contributed by atoms with van der Waals surface area (Å²) in [7, 11) is -2.19. The molecule has 172 valence electrons. The molecule has 0 aromatic heterocycles. The van der Waals surface area contributed by atoms with Gasteiger partial charge in [0.2, 0.25) is 15.9 Å². The lowest BCUT2D eigenvalue weighted by molar-refractivity contribution is -0.129. The molecule has 0 radical (unpaired) electrons. The molecule has 8 heteroatoms. The Bertz CT molecular complexity index is 948. The van der Waals surface area contributed by atoms with Crippen molar-refractivity contribution >= 4 is 15.9 Å². The van der Waals surface area contributed by atoms with E-state index >= 15 is 0 Å². The van der Waals surface area contributed by atoms with Gasteiger partial charge in [-0.1, -0.05) is 32.6 Å². The van der Waals surface area contributed by atoms with Crippen LogP contribution in [0.15, 0.2) is 23.1 Å². The average Bonchev–Trinajstić information content (AvgIpc) is 2.69. The van der Waals surface area contributed by atoms with Crippen molar-refractivity contribution in [3.05, 3.63) is 23.8 Å². The van der Waals surface area contributed by atoms with E-state index in [-0.39, 0.29) is 35.6 Å². The van der Waals surface area contributed by atoms with Gasteiger partial charge in [-0.2, -0.15) is 4.31 Å². The molecular formula is C23H34N2O5S. The number of fused-ring (bicyclic) bond motifs is 1. The molecule has 1 aromatic carbocycles. The van der Waals surface area contributed by atoms with E-state index in [0.717, 1.165) is 6.42 Å². The van der Waals surface area contributed by atoms with E-state index < -0.39 is 22.2 Å². The SMILES string of the molecule is CC(=O)N(C)C[C@H]1Oc2cc(C#CCC(C)C)ccc2S(=O)(=O)N([C@H](C)CO)C[C@@H]1C. The van der Waals surface area contributed by atoms with Crippen LogP contribution in [0.1, 0.15) is 46.6 Å². The zero-order valence-electron chi connectivity index (χ0n) is 19.3. The zero-order chi connectivity index (χ0) is 23.3. The number of hydrogen-bond acceptors (Lipinski definition) is 5. The number of aliphatic hydroxyl groups is 1. The van der Waals surface area contributed by atoms with Crippen LogP contribution in [0, 0.1) is 23.7 Å². The summed E-state index contributed by atoms with van der Waals surface area (Å²) in [6.45, 7) is 9.42. The number of likely N-dealkylation sites (N-methyl/N-ethyl adjacent to an activating group) is 1. The van der Waals surface area contributed by atoms with Crippen molar-refractivity contribution in [1.29, 1.82) is 0 Å². The van der Waals surface area contributed by atoms with E-state index in [1.807, 2.05) is 6.92 Å². The summed E-state index contributed by atoms with van der Waals surface area (Å²) in [6.07, 6.45) is 0.316. The first kappa shape index (κ1) is 25.2. The number of nitrogens with zero attached hydrogens (tertiary/aromatic N) is 2. The fourth-order valence-electron chi connectivity index (χ4n) is 3.28. The lowest BCUT2D eigenvalue weighted by Crippen LogP contribution is -2.50. The van der Waals surface area contributed by atoms with Crippen molar-refractivity contribution in [3.63, 3.8) is 0 Å². The van der Waals surface area contributed by atoms with Gasteiger partial charge in [0.25, 0.3) is 0 Å². The fourth-order valence-corrected chi connectivity index (χ4v) is 5.10. The quantitative estimate of drug-likeness (QED) is 0.696. The third-order valence-corrected chi connectivity index (χ3v) is 7.42. The van der Waals surface area contributed by atoms with Crippen LogP contribution in [-0.4, -0.2) is 67.5 Å². The molecule has 31 heavy (non-hydrogen) atoms. The van der Waals surface area contributed by atoms with Crippen LogP contribution in [0.5, 0.6) is 5.75 Å². The zero-order valence-corrected chi connectivity index (χ0v) is 20.1. The molecule has 0 unspecified atom stereocenters. The topological polar surface area (TPSA) is 87.2 Å². The van der Waals surface area contributed by atoms with Gasteiger partial charge in [-0.25, -0.2) is 8.42 Å². The molecule has 1 heterocycles. The van der Waals surface area contributed by atoms with Crippen molar-refractivity contribution in [1.82, 2.24) is 9.21 Å². The van der Waals surface area contributed by atoms with Gasteiger partial charge in [-0.3, -0.25) is 4.79 Å². The second-order valence-corrected chi connectivity index (χ2v) is 10.6. The molecule has 1 aromatic rings. The first-order valence-electron chi connectivity index (χ1n) is 10.6. The molecule has 0 aliphatic carbocycles. The number of amides is 1. The van der Waals surface area contributed by atoms with Crippen LogP contribution in [0.2, 0.25) is 0 Å². The maximum absolute atomic E-state index is 13.4. The lowest BCUT2D eigenvalue weighted by atomic mass is 10.0. The highest BCUT2D eigenvalue weighted by Crippen LogP contribution is 2.34. The number of sulfonamides is 1. The second-order valence-electron chi connectivity index (χ2n) is 8.70. The first-order chi connectivity index (χ1) is 14.5. The molecule has 1 amide bonds. The van der Waals surface area contributed by atoms with E-state index in [4.69, 9.17) is 4.74 Å². The molecule has 1 N–H and O–H groups in total. The van der Waals surface area contributed by atoms with E-state index in [2.05, 4.69) is 25.7 Å². The van der Waals surface area contributed by atoms with E-state index in [9.17, 15) is 18.3 Å². The van der Waals surface area contributed by atoms with Crippen molar-refractivity contribution in [2.75, 3.05) is 26.7 Å². The summed E-state index contributed by atoms with van der Waals surface area (Å²) in [4.78, 5) is 13.4. The van der Waals surface area contributed by atoms with Gasteiger partial charge in [-0.15, -0.1) is 0 Å². The highest BCUT2D eigenvalue weighted by molar-refractivity contribution is 7.89. The first-order valence-corrected chi connectivity index (χ1v) is 12.0. The summed E-state index contributed by atoms with van der Waals surface area (Å²) in [5.41, 5.74) is 0.670. The van der Waals surface area contributed by atoms with E-state index in [0.29, 0.717) is 18.0 Å². The number of aliphatic hydroxyl groups excluding tert-OH is 1. The molecule has 1 aliphatic rings. The summed E-state index contributed by atoms with van der Waals surface area (Å²) in [5.74, 6) is 6.54. The fraction of sp³-hybridized carbons (Fsp3) is 0.609. The summed E-state index contributed by atoms with van der Waals surface area (Å²) in [6, 6.07) is 4.26. The van der Waals surface area contributed by atoms with Gasteiger partial charge in [0.05, 0.1) is 13.2 Å². The van der Waals surface area contributed by atoms with Gasteiger partial charge >= 0.3 is 0 Å². The maximum Gasteiger partial charge on any atom is 0.247 e. The summed E-state index contributed by atoms with van der Waals surface area (Å²) < 4.78 is 34.3. The van der Waals surface area contributed by atoms with E-state index in [1.165, 1.54) is 17.3 Å². The average molecular weight is 451 g/mol. The van der Waals surface area contributed by atoms with Crippen LogP contribution in [0.3, 0.4) is 0 Å². The standard InChI is InChI=1S/C23H34N2O5S/c1-16(2)8-7-9-20-10-11-23-21(12-20)30-22(14-24(6)19(5)27)17(3)13-25(18(4)15-26)31(23,28)29/h10-12,16-18,22,26H,8,13-15H2,1-6H3/t17-,18+,22+/m0/s1. The Hall–Kier alpha value is -2.08. The lowest BCUT2D eigenvalue weighted by Gasteiger charge is -2.37. The van der Waals surface area contributed by atoms with Crippen molar-refractivity contribution in [2.24, 2.45) is 11.8 Å². The van der Waals surface area contributed by atoms with Crippen molar-refractivity contribution in [3.8, 4) is 17.6 Å². The van der Waals surface area contributed by atoms with E-state index in [1.54, 1.807) is 31.0 Å². The molecule has 2 rings (SSSR count). The van der Waals surface area contributed by atoms with Crippen LogP contribution in [-0.2, 0) is 14.8 Å². The smallest absolute Gasteiger partial charge is 0.247 e. The molecule has 3 atom stereocenters. The minimum atomic E-state index is -3.89. The van der Waals surface area contributed by atoms with Gasteiger partial charge in [-0.05, 0) is 31.0 Å². The minimum Gasteiger partial charge on any atom is -0.487 e. The number of benzene rings is 1. The molecular weight excluding hydrogens is 416 g/mol. The van der Waals surface area contributed by atoms with Crippen LogP contribution < -0.4 is 4.74 Å². The van der Waals surface area contributed by atoms with Gasteiger partial charge in [0.1, 0.15) is 16.7 Å². The third-order valence-electron chi connectivity index (χ3n) is 5.40. The normalized spacial score (nSPS) is 21.7. The number of carbonyl (C=O) groups is 1. The number of carbonyl (C=O) groups excluding carboxylic acids is 1. The molecule has 0 saturated carbocycles. The second kappa shape index (κ2) is 10.5. The third kappa shape index (κ3) is 6.22. The van der Waals surface area contributed by atoms with Gasteiger partial charge in [0.15, 0.2) is 0 Å². The van der Waals surface area contributed by atoms with Crippen LogP contribution in [0.4, 0.5) is 0 Å². The van der Waals surface area contributed by atoms with Gasteiger partial charge < -0.3 is 14.7 Å².